The summed E-state index contributed by atoms with van der Waals surface area (Å²) in [6.07, 6.45) is 0. The lowest BCUT2D eigenvalue weighted by molar-refractivity contribution is 0.204. The second-order valence-corrected chi connectivity index (χ2v) is 6.42. The number of thioether (sulfide) groups is 1. The molecule has 2 atom stereocenters. The Hall–Kier alpha value is -1.18. The smallest absolute Gasteiger partial charge is 0.136 e. The van der Waals surface area contributed by atoms with Gasteiger partial charge in [0.05, 0.1) is 12.7 Å². The predicted octanol–water partition coefficient (Wildman–Crippen LogP) is 2.89. The van der Waals surface area contributed by atoms with Gasteiger partial charge in [0.2, 0.25) is 0 Å². The quantitative estimate of drug-likeness (QED) is 0.850. The predicted molar refractivity (Wildman–Crippen MR) is 79.5 cm³/mol. The number of hydrogen-bond acceptors (Lipinski definition) is 4. The van der Waals surface area contributed by atoms with Gasteiger partial charge in [-0.3, -0.25) is 4.90 Å². The van der Waals surface area contributed by atoms with Crippen molar-refractivity contribution in [3.05, 3.63) is 29.3 Å². The van der Waals surface area contributed by atoms with Gasteiger partial charge in [0, 0.05) is 30.1 Å². The fourth-order valence-electron chi connectivity index (χ4n) is 2.38. The summed E-state index contributed by atoms with van der Waals surface area (Å²) < 4.78 is 5.27. The standard InChI is InChI=1S/C15H20N2OS/c1-11-12(2)19-7-6-17(11)10-13-4-5-14(9-16)15(8-13)18-3/h4-5,8,11-12H,6-7,10H2,1-3H3. The number of benzene rings is 1. The van der Waals surface area contributed by atoms with Crippen molar-refractivity contribution in [2.24, 2.45) is 0 Å². The Kier molecular flexibility index (Phi) is 4.73. The molecule has 1 aliphatic rings. The van der Waals surface area contributed by atoms with E-state index in [1.54, 1.807) is 7.11 Å². The van der Waals surface area contributed by atoms with Crippen molar-refractivity contribution in [1.82, 2.24) is 4.90 Å². The number of nitriles is 1. The highest BCUT2D eigenvalue weighted by molar-refractivity contribution is 8.00. The van der Waals surface area contributed by atoms with Gasteiger partial charge in [-0.15, -0.1) is 0 Å². The van der Waals surface area contributed by atoms with Gasteiger partial charge in [0.1, 0.15) is 11.8 Å². The second kappa shape index (κ2) is 6.31. The van der Waals surface area contributed by atoms with Gasteiger partial charge in [0.15, 0.2) is 0 Å². The summed E-state index contributed by atoms with van der Waals surface area (Å²) in [4.78, 5) is 2.50. The van der Waals surface area contributed by atoms with Crippen LogP contribution in [0.15, 0.2) is 18.2 Å². The highest BCUT2D eigenvalue weighted by atomic mass is 32.2. The second-order valence-electron chi connectivity index (χ2n) is 4.93. The molecule has 2 rings (SSSR count). The Labute approximate surface area is 119 Å². The summed E-state index contributed by atoms with van der Waals surface area (Å²) in [7, 11) is 1.61. The monoisotopic (exact) mass is 276 g/mol. The van der Waals surface area contributed by atoms with E-state index in [4.69, 9.17) is 10.00 Å². The molecule has 4 heteroatoms. The third kappa shape index (κ3) is 3.23. The fourth-order valence-corrected chi connectivity index (χ4v) is 3.54. The number of ether oxygens (including phenoxy) is 1. The van der Waals surface area contributed by atoms with Crippen molar-refractivity contribution in [3.8, 4) is 11.8 Å². The first-order valence-electron chi connectivity index (χ1n) is 6.58. The van der Waals surface area contributed by atoms with Gasteiger partial charge in [-0.2, -0.15) is 17.0 Å². The molecule has 2 unspecified atom stereocenters. The molecule has 1 heterocycles. The molecule has 19 heavy (non-hydrogen) atoms. The first-order valence-corrected chi connectivity index (χ1v) is 7.63. The SMILES string of the molecule is COc1cc(CN2CCSC(C)C2C)ccc1C#N. The highest BCUT2D eigenvalue weighted by Crippen LogP contribution is 2.27. The molecule has 0 radical (unpaired) electrons. The van der Waals surface area contributed by atoms with Crippen molar-refractivity contribution < 1.29 is 4.74 Å². The van der Waals surface area contributed by atoms with E-state index in [2.05, 4.69) is 24.8 Å². The first kappa shape index (κ1) is 14.2. The molecule has 1 fully saturated rings. The van der Waals surface area contributed by atoms with E-state index in [0.717, 1.165) is 13.1 Å². The van der Waals surface area contributed by atoms with Crippen molar-refractivity contribution in [1.29, 1.82) is 5.26 Å². The Morgan fingerprint density at radius 2 is 2.26 bits per heavy atom. The van der Waals surface area contributed by atoms with Gasteiger partial charge in [-0.1, -0.05) is 13.0 Å². The highest BCUT2D eigenvalue weighted by Gasteiger charge is 2.25. The lowest BCUT2D eigenvalue weighted by Gasteiger charge is -2.37. The van der Waals surface area contributed by atoms with Crippen LogP contribution in [-0.4, -0.2) is 35.6 Å². The van der Waals surface area contributed by atoms with Crippen LogP contribution in [0.5, 0.6) is 5.75 Å². The van der Waals surface area contributed by atoms with E-state index in [1.807, 2.05) is 30.0 Å². The van der Waals surface area contributed by atoms with E-state index in [-0.39, 0.29) is 0 Å². The summed E-state index contributed by atoms with van der Waals surface area (Å²) in [5.74, 6) is 1.87. The molecule has 0 spiro atoms. The third-order valence-electron chi connectivity index (χ3n) is 3.79. The zero-order chi connectivity index (χ0) is 13.8. The van der Waals surface area contributed by atoms with Crippen LogP contribution in [0.3, 0.4) is 0 Å². The number of nitrogens with zero attached hydrogens (tertiary/aromatic N) is 2. The molecule has 1 aromatic carbocycles. The maximum Gasteiger partial charge on any atom is 0.136 e. The number of rotatable bonds is 3. The van der Waals surface area contributed by atoms with Gasteiger partial charge in [-0.25, -0.2) is 0 Å². The van der Waals surface area contributed by atoms with Crippen LogP contribution >= 0.6 is 11.8 Å². The molecular formula is C15H20N2OS. The fraction of sp³-hybridized carbons (Fsp3) is 0.533. The van der Waals surface area contributed by atoms with Crippen molar-refractivity contribution >= 4 is 11.8 Å². The minimum Gasteiger partial charge on any atom is -0.495 e. The van der Waals surface area contributed by atoms with E-state index in [9.17, 15) is 0 Å². The minimum absolute atomic E-state index is 0.584. The topological polar surface area (TPSA) is 36.3 Å². The van der Waals surface area contributed by atoms with Crippen molar-refractivity contribution in [2.45, 2.75) is 31.7 Å². The Balaban J connectivity index is 2.13. The Morgan fingerprint density at radius 3 is 2.95 bits per heavy atom. The summed E-state index contributed by atoms with van der Waals surface area (Å²) in [6.45, 7) is 6.63. The number of methoxy groups -OCH3 is 1. The molecule has 1 aliphatic heterocycles. The number of hydrogen-bond donors (Lipinski definition) is 0. The van der Waals surface area contributed by atoms with E-state index in [1.165, 1.54) is 11.3 Å². The zero-order valence-corrected chi connectivity index (χ0v) is 12.5. The van der Waals surface area contributed by atoms with Crippen LogP contribution in [0.4, 0.5) is 0 Å². The largest absolute Gasteiger partial charge is 0.495 e. The van der Waals surface area contributed by atoms with Gasteiger partial charge in [0.25, 0.3) is 0 Å². The van der Waals surface area contributed by atoms with E-state index in [0.29, 0.717) is 22.6 Å². The molecule has 0 aliphatic carbocycles. The lowest BCUT2D eigenvalue weighted by atomic mass is 10.1. The minimum atomic E-state index is 0.584. The summed E-state index contributed by atoms with van der Waals surface area (Å²) in [6, 6.07) is 8.59. The Morgan fingerprint density at radius 1 is 1.47 bits per heavy atom. The van der Waals surface area contributed by atoms with Crippen molar-refractivity contribution in [3.63, 3.8) is 0 Å². The van der Waals surface area contributed by atoms with Crippen molar-refractivity contribution in [2.75, 3.05) is 19.4 Å². The lowest BCUT2D eigenvalue weighted by Crippen LogP contribution is -2.43. The molecule has 3 nitrogen and oxygen atoms in total. The van der Waals surface area contributed by atoms with Crippen LogP contribution in [-0.2, 0) is 6.54 Å². The summed E-state index contributed by atoms with van der Waals surface area (Å²) in [5, 5.41) is 9.67. The molecule has 0 N–H and O–H groups in total. The van der Waals surface area contributed by atoms with Crippen LogP contribution in [0.25, 0.3) is 0 Å². The van der Waals surface area contributed by atoms with E-state index >= 15 is 0 Å². The molecule has 0 amide bonds. The molecule has 1 aromatic rings. The maximum absolute atomic E-state index is 9.00. The van der Waals surface area contributed by atoms with Crippen LogP contribution in [0.1, 0.15) is 25.0 Å². The summed E-state index contributed by atoms with van der Waals surface area (Å²) >= 11 is 2.04. The van der Waals surface area contributed by atoms with Crippen LogP contribution in [0, 0.1) is 11.3 Å². The van der Waals surface area contributed by atoms with Crippen LogP contribution in [0.2, 0.25) is 0 Å². The first-order chi connectivity index (χ1) is 9.15. The molecular weight excluding hydrogens is 256 g/mol. The molecule has 0 aromatic heterocycles. The van der Waals surface area contributed by atoms with Gasteiger partial charge in [-0.05, 0) is 24.6 Å². The average molecular weight is 276 g/mol. The molecule has 0 saturated carbocycles. The average Bonchev–Trinajstić information content (AvgIpc) is 2.43. The van der Waals surface area contributed by atoms with Crippen LogP contribution < -0.4 is 4.74 Å². The maximum atomic E-state index is 9.00. The van der Waals surface area contributed by atoms with Gasteiger partial charge < -0.3 is 4.74 Å². The normalized spacial score (nSPS) is 23.9. The zero-order valence-electron chi connectivity index (χ0n) is 11.7. The molecule has 102 valence electrons. The van der Waals surface area contributed by atoms with E-state index < -0.39 is 0 Å². The summed E-state index contributed by atoms with van der Waals surface area (Å²) in [5.41, 5.74) is 1.81. The molecule has 0 bridgehead atoms. The Bertz CT molecular complexity index is 484. The molecule has 1 saturated heterocycles. The van der Waals surface area contributed by atoms with Gasteiger partial charge >= 0.3 is 0 Å². The third-order valence-corrected chi connectivity index (χ3v) is 5.12.